The van der Waals surface area contributed by atoms with Crippen LogP contribution in [-0.4, -0.2) is 52.5 Å². The van der Waals surface area contributed by atoms with Gasteiger partial charge in [-0.15, -0.1) is 0 Å². The number of fused-ring (bicyclic) bond motifs is 1. The molecule has 1 saturated heterocycles. The molecule has 1 aliphatic rings. The number of ether oxygens (including phenoxy) is 1. The molecule has 1 aliphatic heterocycles. The first-order valence-electron chi connectivity index (χ1n) is 7.81. The van der Waals surface area contributed by atoms with E-state index in [0.29, 0.717) is 25.3 Å². The van der Waals surface area contributed by atoms with Gasteiger partial charge in [0.2, 0.25) is 0 Å². The largest absolute Gasteiger partial charge is 0.378 e. The van der Waals surface area contributed by atoms with Crippen molar-refractivity contribution in [2.24, 2.45) is 0 Å². The summed E-state index contributed by atoms with van der Waals surface area (Å²) in [6.07, 6.45) is 2.51. The molecule has 122 valence electrons. The smallest absolute Gasteiger partial charge is 0.157 e. The van der Waals surface area contributed by atoms with E-state index >= 15 is 0 Å². The maximum absolute atomic E-state index is 12.0. The molecule has 3 rings (SSSR count). The van der Waals surface area contributed by atoms with Gasteiger partial charge in [-0.05, 0) is 6.92 Å². The molecule has 0 spiro atoms. The Labute approximate surface area is 134 Å². The molecule has 0 amide bonds. The molecule has 2 aromatic heterocycles. The average Bonchev–Trinajstić information content (AvgIpc) is 3.01. The fourth-order valence-electron chi connectivity index (χ4n) is 2.66. The summed E-state index contributed by atoms with van der Waals surface area (Å²) < 4.78 is 7.18. The highest BCUT2D eigenvalue weighted by atomic mass is 16.5. The number of morpholine rings is 1. The van der Waals surface area contributed by atoms with Gasteiger partial charge in [-0.1, -0.05) is 0 Å². The van der Waals surface area contributed by atoms with Crippen molar-refractivity contribution < 1.29 is 14.3 Å². The van der Waals surface area contributed by atoms with Gasteiger partial charge in [0.15, 0.2) is 5.65 Å². The molecule has 0 atom stereocenters. The third kappa shape index (κ3) is 3.73. The van der Waals surface area contributed by atoms with Gasteiger partial charge in [0, 0.05) is 44.5 Å². The molecule has 0 unspecified atom stereocenters. The lowest BCUT2D eigenvalue weighted by molar-refractivity contribution is -0.122. The van der Waals surface area contributed by atoms with Gasteiger partial charge in [-0.2, -0.15) is 9.61 Å². The van der Waals surface area contributed by atoms with Crippen LogP contribution in [0.1, 0.15) is 25.5 Å². The summed E-state index contributed by atoms with van der Waals surface area (Å²) in [5.41, 5.74) is 1.44. The van der Waals surface area contributed by atoms with Crippen LogP contribution in [0.2, 0.25) is 0 Å². The molecular weight excluding hydrogens is 296 g/mol. The average molecular weight is 316 g/mol. The number of nitrogens with zero attached hydrogens (tertiary/aromatic N) is 4. The third-order valence-corrected chi connectivity index (χ3v) is 3.86. The summed E-state index contributed by atoms with van der Waals surface area (Å²) in [4.78, 5) is 29.7. The lowest BCUT2D eigenvalue weighted by Crippen LogP contribution is -2.37. The minimum absolute atomic E-state index is 0.0319. The van der Waals surface area contributed by atoms with Crippen molar-refractivity contribution >= 4 is 23.0 Å². The van der Waals surface area contributed by atoms with Crippen LogP contribution < -0.4 is 4.90 Å². The zero-order valence-corrected chi connectivity index (χ0v) is 13.2. The first-order valence-corrected chi connectivity index (χ1v) is 7.81. The van der Waals surface area contributed by atoms with Crippen molar-refractivity contribution in [2.75, 3.05) is 31.2 Å². The normalized spacial score (nSPS) is 15.1. The van der Waals surface area contributed by atoms with Gasteiger partial charge >= 0.3 is 0 Å². The molecule has 7 nitrogen and oxygen atoms in total. The summed E-state index contributed by atoms with van der Waals surface area (Å²) in [7, 11) is 0. The summed E-state index contributed by atoms with van der Waals surface area (Å²) >= 11 is 0. The Balaban J connectivity index is 1.83. The second-order valence-electron chi connectivity index (χ2n) is 5.72. The summed E-state index contributed by atoms with van der Waals surface area (Å²) in [6.45, 7) is 4.43. The molecule has 7 heteroatoms. The monoisotopic (exact) mass is 316 g/mol. The number of rotatable bonds is 6. The van der Waals surface area contributed by atoms with Crippen LogP contribution >= 0.6 is 0 Å². The minimum atomic E-state index is 0.0319. The molecule has 0 radical (unpaired) electrons. The van der Waals surface area contributed by atoms with Crippen molar-refractivity contribution in [3.8, 4) is 0 Å². The molecule has 23 heavy (non-hydrogen) atoms. The second-order valence-corrected chi connectivity index (χ2v) is 5.72. The lowest BCUT2D eigenvalue weighted by atomic mass is 10.1. The second kappa shape index (κ2) is 6.87. The molecule has 0 aliphatic carbocycles. The summed E-state index contributed by atoms with van der Waals surface area (Å²) in [5, 5.41) is 4.32. The zero-order valence-electron chi connectivity index (χ0n) is 13.2. The Morgan fingerprint density at radius 2 is 2.04 bits per heavy atom. The third-order valence-electron chi connectivity index (χ3n) is 3.86. The SMILES string of the molecule is CC(=O)CCC(=O)Cc1cc(N2CCOCC2)n2nccc2n1. The fraction of sp³-hybridized carbons (Fsp3) is 0.500. The standard InChI is InChI=1S/C16H20N4O3/c1-12(21)2-3-14(22)10-13-11-16(19-6-8-23-9-7-19)20-15(18-13)4-5-17-20/h4-5,11H,2-3,6-10H2,1H3. The van der Waals surface area contributed by atoms with Crippen LogP contribution in [0.3, 0.4) is 0 Å². The highest BCUT2D eigenvalue weighted by molar-refractivity contribution is 5.86. The zero-order chi connectivity index (χ0) is 16.2. The molecule has 1 fully saturated rings. The van der Waals surface area contributed by atoms with Gasteiger partial charge in [0.05, 0.1) is 25.1 Å². The van der Waals surface area contributed by atoms with E-state index in [0.717, 1.165) is 24.6 Å². The van der Waals surface area contributed by atoms with E-state index in [1.807, 2.05) is 12.1 Å². The molecular formula is C16H20N4O3. The fourth-order valence-corrected chi connectivity index (χ4v) is 2.66. The van der Waals surface area contributed by atoms with Crippen LogP contribution in [0.5, 0.6) is 0 Å². The minimum Gasteiger partial charge on any atom is -0.378 e. The van der Waals surface area contributed by atoms with Gasteiger partial charge < -0.3 is 14.4 Å². The first kappa shape index (κ1) is 15.6. The highest BCUT2D eigenvalue weighted by Crippen LogP contribution is 2.19. The Bertz CT molecular complexity index is 719. The van der Waals surface area contributed by atoms with Crippen LogP contribution in [0.4, 0.5) is 5.82 Å². The van der Waals surface area contributed by atoms with Crippen LogP contribution in [-0.2, 0) is 20.7 Å². The Kier molecular flexibility index (Phi) is 4.66. The van der Waals surface area contributed by atoms with Crippen molar-refractivity contribution in [2.45, 2.75) is 26.2 Å². The maximum Gasteiger partial charge on any atom is 0.157 e. The number of carbonyl (C=O) groups is 2. The molecule has 3 heterocycles. The van der Waals surface area contributed by atoms with Gasteiger partial charge in [-0.3, -0.25) is 4.79 Å². The number of ketones is 2. The maximum atomic E-state index is 12.0. The van der Waals surface area contributed by atoms with E-state index in [9.17, 15) is 9.59 Å². The van der Waals surface area contributed by atoms with E-state index in [-0.39, 0.29) is 24.4 Å². The molecule has 0 bridgehead atoms. The number of aromatic nitrogens is 3. The lowest BCUT2D eigenvalue weighted by Gasteiger charge is -2.29. The van der Waals surface area contributed by atoms with Crippen molar-refractivity contribution in [3.63, 3.8) is 0 Å². The highest BCUT2D eigenvalue weighted by Gasteiger charge is 2.17. The Morgan fingerprint density at radius 1 is 1.26 bits per heavy atom. The van der Waals surface area contributed by atoms with Gasteiger partial charge in [0.25, 0.3) is 0 Å². The molecule has 0 N–H and O–H groups in total. The van der Waals surface area contributed by atoms with E-state index < -0.39 is 0 Å². The molecule has 0 aromatic carbocycles. The Morgan fingerprint density at radius 3 is 2.78 bits per heavy atom. The van der Waals surface area contributed by atoms with Crippen LogP contribution in [0, 0.1) is 0 Å². The van der Waals surface area contributed by atoms with E-state index in [2.05, 4.69) is 15.0 Å². The molecule has 0 saturated carbocycles. The number of anilines is 1. The predicted octanol–water partition coefficient (Wildman–Crippen LogP) is 1.05. The van der Waals surface area contributed by atoms with Gasteiger partial charge in [-0.25, -0.2) is 4.98 Å². The van der Waals surface area contributed by atoms with Crippen molar-refractivity contribution in [3.05, 3.63) is 24.0 Å². The van der Waals surface area contributed by atoms with E-state index in [4.69, 9.17) is 4.74 Å². The van der Waals surface area contributed by atoms with Crippen molar-refractivity contribution in [1.82, 2.24) is 14.6 Å². The number of hydrogen-bond donors (Lipinski definition) is 0. The number of Topliss-reactive ketones (excluding diaryl/α,β-unsaturated/α-hetero) is 2. The van der Waals surface area contributed by atoms with Gasteiger partial charge in [0.1, 0.15) is 17.4 Å². The quantitative estimate of drug-likeness (QED) is 0.793. The van der Waals surface area contributed by atoms with Crippen molar-refractivity contribution in [1.29, 1.82) is 0 Å². The van der Waals surface area contributed by atoms with E-state index in [1.165, 1.54) is 6.92 Å². The summed E-state index contributed by atoms with van der Waals surface area (Å²) in [5.74, 6) is 0.994. The molecule has 2 aromatic rings. The van der Waals surface area contributed by atoms with E-state index in [1.54, 1.807) is 10.7 Å². The Hall–Kier alpha value is -2.28. The van der Waals surface area contributed by atoms with Crippen LogP contribution in [0.25, 0.3) is 5.65 Å². The number of hydrogen-bond acceptors (Lipinski definition) is 6. The van der Waals surface area contributed by atoms with Crippen LogP contribution in [0.15, 0.2) is 18.3 Å². The predicted molar refractivity (Wildman–Crippen MR) is 84.6 cm³/mol. The topological polar surface area (TPSA) is 76.8 Å². The summed E-state index contributed by atoms with van der Waals surface area (Å²) in [6, 6.07) is 3.74. The number of carbonyl (C=O) groups excluding carboxylic acids is 2. The first-order chi connectivity index (χ1) is 11.1.